The van der Waals surface area contributed by atoms with Gasteiger partial charge in [-0.2, -0.15) is 0 Å². The topological polar surface area (TPSA) is 54.0 Å². The van der Waals surface area contributed by atoms with Crippen molar-refractivity contribution < 1.29 is 23.7 Å². The highest BCUT2D eigenvalue weighted by Crippen LogP contribution is 2.26. The quantitative estimate of drug-likeness (QED) is 0.412. The minimum atomic E-state index is -0.415. The molecule has 0 aromatic heterocycles. The molecule has 0 spiro atoms. The summed E-state index contributed by atoms with van der Waals surface area (Å²) >= 11 is 0. The van der Waals surface area contributed by atoms with Crippen LogP contribution in [0, 0.1) is 0 Å². The Kier molecular flexibility index (Phi) is 6.52. The summed E-state index contributed by atoms with van der Waals surface area (Å²) in [6.07, 6.45) is 0. The van der Waals surface area contributed by atoms with Crippen molar-refractivity contribution in [3.05, 3.63) is 83.9 Å². The van der Waals surface area contributed by atoms with Gasteiger partial charge in [0.15, 0.2) is 11.5 Å². The third-order valence-electron chi connectivity index (χ3n) is 4.00. The van der Waals surface area contributed by atoms with Crippen molar-refractivity contribution in [2.24, 2.45) is 0 Å². The molecule has 3 aromatic rings. The van der Waals surface area contributed by atoms with E-state index in [0.717, 1.165) is 11.3 Å². The van der Waals surface area contributed by atoms with E-state index in [9.17, 15) is 4.79 Å². The van der Waals surface area contributed by atoms with Gasteiger partial charge in [-0.1, -0.05) is 24.3 Å². The molecule has 5 nitrogen and oxygen atoms in total. The SMILES string of the molecule is CCOc1ccc(OC(=O)c2ccc(COc3ccccc3OC)cc2)cc1. The lowest BCUT2D eigenvalue weighted by Crippen LogP contribution is -2.08. The van der Waals surface area contributed by atoms with Crippen LogP contribution in [0.5, 0.6) is 23.0 Å². The predicted molar refractivity (Wildman–Crippen MR) is 106 cm³/mol. The highest BCUT2D eigenvalue weighted by atomic mass is 16.5. The van der Waals surface area contributed by atoms with Crippen LogP contribution in [-0.2, 0) is 6.61 Å². The number of ether oxygens (including phenoxy) is 4. The predicted octanol–water partition coefficient (Wildman–Crippen LogP) is 4.89. The first-order valence-corrected chi connectivity index (χ1v) is 8.99. The van der Waals surface area contributed by atoms with Gasteiger partial charge in [-0.05, 0) is 61.0 Å². The van der Waals surface area contributed by atoms with Gasteiger partial charge >= 0.3 is 5.97 Å². The third-order valence-corrected chi connectivity index (χ3v) is 4.00. The number of methoxy groups -OCH3 is 1. The number of hydrogen-bond donors (Lipinski definition) is 0. The Hall–Kier alpha value is -3.47. The van der Waals surface area contributed by atoms with Crippen LogP contribution in [0.4, 0.5) is 0 Å². The molecular weight excluding hydrogens is 356 g/mol. The lowest BCUT2D eigenvalue weighted by atomic mass is 10.1. The number of carbonyl (C=O) groups excluding carboxylic acids is 1. The van der Waals surface area contributed by atoms with Crippen LogP contribution < -0.4 is 18.9 Å². The zero-order chi connectivity index (χ0) is 19.8. The molecule has 0 N–H and O–H groups in total. The van der Waals surface area contributed by atoms with E-state index in [4.69, 9.17) is 18.9 Å². The van der Waals surface area contributed by atoms with Gasteiger partial charge in [-0.25, -0.2) is 4.79 Å². The summed E-state index contributed by atoms with van der Waals surface area (Å²) < 4.78 is 21.8. The van der Waals surface area contributed by atoms with E-state index in [2.05, 4.69) is 0 Å². The molecule has 144 valence electrons. The van der Waals surface area contributed by atoms with Gasteiger partial charge in [0.2, 0.25) is 0 Å². The third kappa shape index (κ3) is 5.04. The van der Waals surface area contributed by atoms with E-state index in [1.807, 2.05) is 43.3 Å². The van der Waals surface area contributed by atoms with Crippen molar-refractivity contribution in [3.63, 3.8) is 0 Å². The second-order valence-electron chi connectivity index (χ2n) is 5.93. The van der Waals surface area contributed by atoms with E-state index in [1.165, 1.54) is 0 Å². The highest BCUT2D eigenvalue weighted by Gasteiger charge is 2.09. The minimum Gasteiger partial charge on any atom is -0.494 e. The van der Waals surface area contributed by atoms with Crippen LogP contribution in [-0.4, -0.2) is 19.7 Å². The van der Waals surface area contributed by atoms with Crippen LogP contribution in [0.15, 0.2) is 72.8 Å². The maximum absolute atomic E-state index is 12.3. The summed E-state index contributed by atoms with van der Waals surface area (Å²) in [5, 5.41) is 0. The molecule has 3 rings (SSSR count). The maximum Gasteiger partial charge on any atom is 0.343 e. The Labute approximate surface area is 164 Å². The summed E-state index contributed by atoms with van der Waals surface area (Å²) in [4.78, 5) is 12.3. The molecule has 5 heteroatoms. The van der Waals surface area contributed by atoms with Gasteiger partial charge in [0.05, 0.1) is 19.3 Å². The van der Waals surface area contributed by atoms with Crippen LogP contribution in [0.2, 0.25) is 0 Å². The van der Waals surface area contributed by atoms with Crippen LogP contribution in [0.3, 0.4) is 0 Å². The Morgan fingerprint density at radius 3 is 2.07 bits per heavy atom. The number of esters is 1. The molecule has 0 heterocycles. The first-order valence-electron chi connectivity index (χ1n) is 8.99. The number of benzene rings is 3. The van der Waals surface area contributed by atoms with Gasteiger partial charge in [0.1, 0.15) is 18.1 Å². The number of carbonyl (C=O) groups is 1. The highest BCUT2D eigenvalue weighted by molar-refractivity contribution is 5.91. The second-order valence-corrected chi connectivity index (χ2v) is 5.93. The molecular formula is C23H22O5. The summed E-state index contributed by atoms with van der Waals surface area (Å²) in [7, 11) is 1.60. The molecule has 0 saturated heterocycles. The fraction of sp³-hybridized carbons (Fsp3) is 0.174. The van der Waals surface area contributed by atoms with Gasteiger partial charge in [0.25, 0.3) is 0 Å². The van der Waals surface area contributed by atoms with Crippen LogP contribution in [0.25, 0.3) is 0 Å². The lowest BCUT2D eigenvalue weighted by Gasteiger charge is -2.10. The normalized spacial score (nSPS) is 10.2. The summed E-state index contributed by atoms with van der Waals surface area (Å²) in [6.45, 7) is 2.87. The van der Waals surface area contributed by atoms with E-state index >= 15 is 0 Å². The zero-order valence-corrected chi connectivity index (χ0v) is 15.9. The van der Waals surface area contributed by atoms with Crippen molar-refractivity contribution >= 4 is 5.97 Å². The van der Waals surface area contributed by atoms with Gasteiger partial charge in [-0.15, -0.1) is 0 Å². The Morgan fingerprint density at radius 1 is 0.786 bits per heavy atom. The summed E-state index contributed by atoms with van der Waals surface area (Å²) in [6, 6.07) is 21.5. The Morgan fingerprint density at radius 2 is 1.43 bits per heavy atom. The summed E-state index contributed by atoms with van der Waals surface area (Å²) in [5.41, 5.74) is 1.40. The Balaban J connectivity index is 1.58. The van der Waals surface area contributed by atoms with Crippen LogP contribution in [0.1, 0.15) is 22.8 Å². The molecule has 3 aromatic carbocycles. The van der Waals surface area contributed by atoms with E-state index in [1.54, 1.807) is 43.5 Å². The van der Waals surface area contributed by atoms with Crippen LogP contribution >= 0.6 is 0 Å². The van der Waals surface area contributed by atoms with Crippen molar-refractivity contribution in [1.82, 2.24) is 0 Å². The van der Waals surface area contributed by atoms with Gasteiger partial charge < -0.3 is 18.9 Å². The average molecular weight is 378 g/mol. The maximum atomic E-state index is 12.3. The fourth-order valence-electron chi connectivity index (χ4n) is 2.57. The van der Waals surface area contributed by atoms with Gasteiger partial charge in [-0.3, -0.25) is 0 Å². The molecule has 0 bridgehead atoms. The number of para-hydroxylation sites is 2. The first-order chi connectivity index (χ1) is 13.7. The number of hydrogen-bond acceptors (Lipinski definition) is 5. The molecule has 0 aliphatic heterocycles. The molecule has 0 aliphatic carbocycles. The smallest absolute Gasteiger partial charge is 0.343 e. The number of rotatable bonds is 8. The van der Waals surface area contributed by atoms with Gasteiger partial charge in [0, 0.05) is 0 Å². The standard InChI is InChI=1S/C23H22O5/c1-3-26-19-12-14-20(15-13-19)28-23(24)18-10-8-17(9-11-18)16-27-22-7-5-4-6-21(22)25-2/h4-15H,3,16H2,1-2H3. The molecule has 0 amide bonds. The lowest BCUT2D eigenvalue weighted by molar-refractivity contribution is 0.0734. The fourth-order valence-corrected chi connectivity index (χ4v) is 2.57. The van der Waals surface area contributed by atoms with Crippen molar-refractivity contribution in [2.45, 2.75) is 13.5 Å². The van der Waals surface area contributed by atoms with Crippen molar-refractivity contribution in [2.75, 3.05) is 13.7 Å². The minimum absolute atomic E-state index is 0.370. The molecule has 0 saturated carbocycles. The molecule has 0 fully saturated rings. The largest absolute Gasteiger partial charge is 0.494 e. The van der Waals surface area contributed by atoms with E-state index < -0.39 is 5.97 Å². The van der Waals surface area contributed by atoms with Crippen molar-refractivity contribution in [1.29, 1.82) is 0 Å². The molecule has 28 heavy (non-hydrogen) atoms. The molecule has 0 unspecified atom stereocenters. The second kappa shape index (κ2) is 9.46. The first kappa shape index (κ1) is 19.3. The molecule has 0 aliphatic rings. The van der Waals surface area contributed by atoms with E-state index in [-0.39, 0.29) is 0 Å². The average Bonchev–Trinajstić information content (AvgIpc) is 2.74. The van der Waals surface area contributed by atoms with E-state index in [0.29, 0.717) is 36.0 Å². The summed E-state index contributed by atoms with van der Waals surface area (Å²) in [5.74, 6) is 2.14. The monoisotopic (exact) mass is 378 g/mol. The van der Waals surface area contributed by atoms with Crippen molar-refractivity contribution in [3.8, 4) is 23.0 Å². The molecule has 0 radical (unpaired) electrons. The Bertz CT molecular complexity index is 901. The molecule has 0 atom stereocenters. The zero-order valence-electron chi connectivity index (χ0n) is 15.9.